The average Bonchev–Trinajstić information content (AvgIpc) is 2.66. The maximum absolute atomic E-state index is 13.1. The topological polar surface area (TPSA) is 83.6 Å². The molecule has 6 nitrogen and oxygen atoms in total. The fourth-order valence-electron chi connectivity index (χ4n) is 2.96. The van der Waals surface area contributed by atoms with E-state index in [1.54, 1.807) is 24.3 Å². The van der Waals surface area contributed by atoms with Crippen LogP contribution in [0.25, 0.3) is 10.9 Å². The van der Waals surface area contributed by atoms with Crippen molar-refractivity contribution in [2.75, 3.05) is 5.32 Å². The number of alkyl halides is 2. The van der Waals surface area contributed by atoms with Crippen LogP contribution in [0.5, 0.6) is 0 Å². The SMILES string of the molecule is CCc1n[nH]c(=O)c(CNc2nc(C(F)F)nc3ccccc23)c1CC. The predicted molar refractivity (Wildman–Crippen MR) is 95.4 cm³/mol. The van der Waals surface area contributed by atoms with E-state index < -0.39 is 12.2 Å². The van der Waals surface area contributed by atoms with Gasteiger partial charge in [0.2, 0.25) is 0 Å². The molecule has 0 bridgehead atoms. The van der Waals surface area contributed by atoms with Crippen molar-refractivity contribution in [3.05, 3.63) is 57.3 Å². The fourth-order valence-corrected chi connectivity index (χ4v) is 2.96. The molecule has 0 aliphatic carbocycles. The molecule has 0 spiro atoms. The summed E-state index contributed by atoms with van der Waals surface area (Å²) in [5, 5.41) is 10.2. The van der Waals surface area contributed by atoms with Crippen LogP contribution < -0.4 is 10.9 Å². The van der Waals surface area contributed by atoms with Gasteiger partial charge >= 0.3 is 0 Å². The van der Waals surface area contributed by atoms with Gasteiger partial charge in [-0.1, -0.05) is 26.0 Å². The van der Waals surface area contributed by atoms with Crippen molar-refractivity contribution in [2.24, 2.45) is 0 Å². The molecule has 26 heavy (non-hydrogen) atoms. The van der Waals surface area contributed by atoms with Crippen molar-refractivity contribution in [1.82, 2.24) is 20.2 Å². The molecule has 2 N–H and O–H groups in total. The highest BCUT2D eigenvalue weighted by molar-refractivity contribution is 5.89. The van der Waals surface area contributed by atoms with Gasteiger partial charge in [0, 0.05) is 17.5 Å². The lowest BCUT2D eigenvalue weighted by Gasteiger charge is -2.13. The molecule has 0 unspecified atom stereocenters. The Balaban J connectivity index is 2.02. The Morgan fingerprint density at radius 3 is 2.58 bits per heavy atom. The third kappa shape index (κ3) is 3.40. The van der Waals surface area contributed by atoms with Crippen LogP contribution in [-0.2, 0) is 19.4 Å². The molecule has 3 rings (SSSR count). The molecule has 0 radical (unpaired) electrons. The number of H-pyrrole nitrogens is 1. The van der Waals surface area contributed by atoms with E-state index in [1.807, 2.05) is 13.8 Å². The summed E-state index contributed by atoms with van der Waals surface area (Å²) in [5.41, 5.74) is 2.37. The van der Waals surface area contributed by atoms with Gasteiger partial charge in [0.05, 0.1) is 11.2 Å². The van der Waals surface area contributed by atoms with Crippen LogP contribution in [0.1, 0.15) is 42.9 Å². The van der Waals surface area contributed by atoms with Crippen molar-refractivity contribution in [2.45, 2.75) is 39.7 Å². The van der Waals surface area contributed by atoms with Crippen LogP contribution in [0, 0.1) is 0 Å². The van der Waals surface area contributed by atoms with Crippen LogP contribution in [0.3, 0.4) is 0 Å². The first kappa shape index (κ1) is 17.9. The number of halogens is 2. The molecule has 1 aromatic carbocycles. The van der Waals surface area contributed by atoms with Crippen LogP contribution in [0.2, 0.25) is 0 Å². The van der Waals surface area contributed by atoms with E-state index in [9.17, 15) is 13.6 Å². The second-order valence-electron chi connectivity index (χ2n) is 5.77. The van der Waals surface area contributed by atoms with Gasteiger partial charge in [-0.3, -0.25) is 4.79 Å². The van der Waals surface area contributed by atoms with Gasteiger partial charge in [0.15, 0.2) is 5.82 Å². The van der Waals surface area contributed by atoms with E-state index in [0.29, 0.717) is 29.3 Å². The minimum Gasteiger partial charge on any atom is -0.365 e. The smallest absolute Gasteiger partial charge is 0.297 e. The Hall–Kier alpha value is -2.90. The van der Waals surface area contributed by atoms with Crippen molar-refractivity contribution < 1.29 is 8.78 Å². The summed E-state index contributed by atoms with van der Waals surface area (Å²) in [4.78, 5) is 20.0. The molecule has 0 aliphatic rings. The predicted octanol–water partition coefficient (Wildman–Crippen LogP) is 3.39. The number of aromatic nitrogens is 4. The van der Waals surface area contributed by atoms with E-state index in [-0.39, 0.29) is 17.9 Å². The number of fused-ring (bicyclic) bond motifs is 1. The summed E-state index contributed by atoms with van der Waals surface area (Å²) in [5.74, 6) is -0.262. The quantitative estimate of drug-likeness (QED) is 0.705. The highest BCUT2D eigenvalue weighted by Crippen LogP contribution is 2.25. The van der Waals surface area contributed by atoms with Crippen molar-refractivity contribution >= 4 is 16.7 Å². The third-order valence-electron chi connectivity index (χ3n) is 4.22. The van der Waals surface area contributed by atoms with Gasteiger partial charge in [-0.25, -0.2) is 23.8 Å². The van der Waals surface area contributed by atoms with E-state index in [2.05, 4.69) is 25.5 Å². The maximum Gasteiger partial charge on any atom is 0.297 e. The fraction of sp³-hybridized carbons (Fsp3) is 0.333. The first-order valence-electron chi connectivity index (χ1n) is 8.43. The minimum atomic E-state index is -2.78. The molecule has 0 amide bonds. The Morgan fingerprint density at radius 1 is 1.12 bits per heavy atom. The second-order valence-corrected chi connectivity index (χ2v) is 5.77. The van der Waals surface area contributed by atoms with Gasteiger partial charge in [-0.2, -0.15) is 5.10 Å². The molecular weight excluding hydrogens is 340 g/mol. The molecule has 2 aromatic heterocycles. The van der Waals surface area contributed by atoms with E-state index in [0.717, 1.165) is 11.3 Å². The molecule has 0 fully saturated rings. The van der Waals surface area contributed by atoms with Gasteiger partial charge in [-0.05, 0) is 30.5 Å². The first-order chi connectivity index (χ1) is 12.5. The Kier molecular flexibility index (Phi) is 5.20. The molecule has 8 heteroatoms. The maximum atomic E-state index is 13.1. The number of nitrogens with one attached hydrogen (secondary N) is 2. The third-order valence-corrected chi connectivity index (χ3v) is 4.22. The lowest BCUT2D eigenvalue weighted by Crippen LogP contribution is -2.22. The highest BCUT2D eigenvalue weighted by Gasteiger charge is 2.16. The second kappa shape index (κ2) is 7.55. The summed E-state index contributed by atoms with van der Waals surface area (Å²) in [6.45, 7) is 4.08. The van der Waals surface area contributed by atoms with Gasteiger partial charge < -0.3 is 5.32 Å². The number of para-hydroxylation sites is 1. The summed E-state index contributed by atoms with van der Waals surface area (Å²) in [7, 11) is 0. The normalized spacial score (nSPS) is 11.3. The van der Waals surface area contributed by atoms with E-state index in [1.165, 1.54) is 0 Å². The molecule has 0 atom stereocenters. The molecule has 0 saturated carbocycles. The Labute approximate surface area is 148 Å². The summed E-state index contributed by atoms with van der Waals surface area (Å²) >= 11 is 0. The van der Waals surface area contributed by atoms with Crippen molar-refractivity contribution in [3.8, 4) is 0 Å². The standard InChI is InChI=1S/C18H19F2N5O/c1-3-10-12(18(26)25-24-13(10)4-2)9-21-16-11-7-5-6-8-14(11)22-17(23-16)15(19)20/h5-8,15H,3-4,9H2,1-2H3,(H,25,26)(H,21,22,23). The lowest BCUT2D eigenvalue weighted by atomic mass is 10.0. The lowest BCUT2D eigenvalue weighted by molar-refractivity contribution is 0.141. The molecule has 0 saturated heterocycles. The van der Waals surface area contributed by atoms with Gasteiger partial charge in [0.25, 0.3) is 12.0 Å². The van der Waals surface area contributed by atoms with E-state index in [4.69, 9.17) is 0 Å². The largest absolute Gasteiger partial charge is 0.365 e. The Morgan fingerprint density at radius 2 is 1.88 bits per heavy atom. The zero-order valence-corrected chi connectivity index (χ0v) is 14.5. The number of benzene rings is 1. The van der Waals surface area contributed by atoms with Gasteiger partial charge in [0.1, 0.15) is 5.82 Å². The van der Waals surface area contributed by atoms with Crippen LogP contribution in [-0.4, -0.2) is 20.2 Å². The van der Waals surface area contributed by atoms with Gasteiger partial charge in [-0.15, -0.1) is 0 Å². The number of hydrogen-bond acceptors (Lipinski definition) is 5. The molecule has 2 heterocycles. The Bertz CT molecular complexity index is 987. The number of hydrogen-bond donors (Lipinski definition) is 2. The number of nitrogens with zero attached hydrogens (tertiary/aromatic N) is 3. The molecular formula is C18H19F2N5O. The van der Waals surface area contributed by atoms with Crippen molar-refractivity contribution in [3.63, 3.8) is 0 Å². The number of aryl methyl sites for hydroxylation is 1. The zero-order valence-electron chi connectivity index (χ0n) is 14.5. The van der Waals surface area contributed by atoms with Crippen LogP contribution >= 0.6 is 0 Å². The highest BCUT2D eigenvalue weighted by atomic mass is 19.3. The van der Waals surface area contributed by atoms with Crippen LogP contribution in [0.15, 0.2) is 29.1 Å². The first-order valence-corrected chi connectivity index (χ1v) is 8.43. The minimum absolute atomic E-state index is 0.164. The summed E-state index contributed by atoms with van der Waals surface area (Å²) in [6.07, 6.45) is -1.43. The number of rotatable bonds is 6. The number of aromatic amines is 1. The average molecular weight is 359 g/mol. The molecule has 0 aliphatic heterocycles. The van der Waals surface area contributed by atoms with Crippen LogP contribution in [0.4, 0.5) is 14.6 Å². The number of anilines is 1. The summed E-state index contributed by atoms with van der Waals surface area (Å²) < 4.78 is 26.2. The monoisotopic (exact) mass is 359 g/mol. The molecule has 136 valence electrons. The zero-order chi connectivity index (χ0) is 18.7. The van der Waals surface area contributed by atoms with Crippen molar-refractivity contribution in [1.29, 1.82) is 0 Å². The summed E-state index contributed by atoms with van der Waals surface area (Å²) in [6, 6.07) is 6.91. The van der Waals surface area contributed by atoms with E-state index >= 15 is 0 Å². The molecule has 3 aromatic rings.